The zero-order valence-corrected chi connectivity index (χ0v) is 25.3. The van der Waals surface area contributed by atoms with E-state index in [1.807, 2.05) is 67.6 Å². The summed E-state index contributed by atoms with van der Waals surface area (Å²) in [6.07, 6.45) is 1.76. The summed E-state index contributed by atoms with van der Waals surface area (Å²) in [6, 6.07) is 19.6. The molecule has 1 aliphatic heterocycles. The SMILES string of the molecule is Cc1ccc(OCCN2C(=O)S/C(=C\c3cc(I)c(OCc4ccc(Br)cc4)c(I)c3)C2=O)cc1. The predicted molar refractivity (Wildman–Crippen MR) is 160 cm³/mol. The maximum Gasteiger partial charge on any atom is 0.293 e. The molecule has 5 nitrogen and oxygen atoms in total. The van der Waals surface area contributed by atoms with E-state index in [1.165, 1.54) is 4.90 Å². The van der Waals surface area contributed by atoms with E-state index in [-0.39, 0.29) is 24.3 Å². The van der Waals surface area contributed by atoms with Gasteiger partial charge in [0.1, 0.15) is 24.7 Å². The normalized spacial score (nSPS) is 14.6. The summed E-state index contributed by atoms with van der Waals surface area (Å²) in [6.45, 7) is 2.91. The number of nitrogens with zero attached hydrogens (tertiary/aromatic N) is 1. The lowest BCUT2D eigenvalue weighted by Crippen LogP contribution is -2.32. The van der Waals surface area contributed by atoms with Crippen LogP contribution in [0.25, 0.3) is 6.08 Å². The number of benzene rings is 3. The second-order valence-electron chi connectivity index (χ2n) is 7.72. The van der Waals surface area contributed by atoms with Crippen molar-refractivity contribution in [2.45, 2.75) is 13.5 Å². The van der Waals surface area contributed by atoms with Gasteiger partial charge in [-0.1, -0.05) is 45.8 Å². The van der Waals surface area contributed by atoms with Gasteiger partial charge in [0.15, 0.2) is 0 Å². The summed E-state index contributed by atoms with van der Waals surface area (Å²) >= 11 is 8.86. The molecule has 2 amide bonds. The molecule has 0 saturated carbocycles. The lowest BCUT2D eigenvalue weighted by molar-refractivity contribution is -0.123. The predicted octanol–water partition coefficient (Wildman–Crippen LogP) is 7.66. The highest BCUT2D eigenvalue weighted by Gasteiger charge is 2.34. The van der Waals surface area contributed by atoms with Crippen LogP contribution >= 0.6 is 72.9 Å². The van der Waals surface area contributed by atoms with Gasteiger partial charge >= 0.3 is 0 Å². The zero-order valence-electron chi connectivity index (χ0n) is 18.6. The maximum atomic E-state index is 12.9. The highest BCUT2D eigenvalue weighted by Crippen LogP contribution is 2.35. The average Bonchev–Trinajstić information content (AvgIpc) is 3.08. The number of hydrogen-bond donors (Lipinski definition) is 0. The van der Waals surface area contributed by atoms with E-state index in [1.54, 1.807) is 6.08 Å². The molecule has 3 aromatic rings. The van der Waals surface area contributed by atoms with E-state index < -0.39 is 0 Å². The van der Waals surface area contributed by atoms with Crippen LogP contribution in [0.3, 0.4) is 0 Å². The monoisotopic (exact) mass is 775 g/mol. The molecule has 0 bridgehead atoms. The van der Waals surface area contributed by atoms with Crippen LogP contribution in [-0.2, 0) is 11.4 Å². The van der Waals surface area contributed by atoms with E-state index in [2.05, 4.69) is 61.1 Å². The van der Waals surface area contributed by atoms with Crippen molar-refractivity contribution in [3.63, 3.8) is 0 Å². The van der Waals surface area contributed by atoms with Crippen LogP contribution in [0, 0.1) is 14.1 Å². The van der Waals surface area contributed by atoms with Crippen molar-refractivity contribution in [3.8, 4) is 11.5 Å². The fourth-order valence-electron chi connectivity index (χ4n) is 3.27. The van der Waals surface area contributed by atoms with Crippen LogP contribution < -0.4 is 9.47 Å². The molecular weight excluding hydrogens is 756 g/mol. The summed E-state index contributed by atoms with van der Waals surface area (Å²) in [5, 5.41) is -0.285. The first-order chi connectivity index (χ1) is 16.8. The van der Waals surface area contributed by atoms with Crippen molar-refractivity contribution in [2.75, 3.05) is 13.2 Å². The van der Waals surface area contributed by atoms with Crippen LogP contribution in [-0.4, -0.2) is 29.2 Å². The van der Waals surface area contributed by atoms with Gasteiger partial charge in [-0.3, -0.25) is 14.5 Å². The largest absolute Gasteiger partial charge is 0.492 e. The molecule has 0 spiro atoms. The summed E-state index contributed by atoms with van der Waals surface area (Å²) in [5.41, 5.74) is 3.06. The molecule has 0 atom stereocenters. The number of hydrogen-bond acceptors (Lipinski definition) is 5. The molecule has 180 valence electrons. The van der Waals surface area contributed by atoms with Crippen LogP contribution in [0.2, 0.25) is 0 Å². The Kier molecular flexibility index (Phi) is 9.17. The number of rotatable bonds is 8. The molecule has 35 heavy (non-hydrogen) atoms. The lowest BCUT2D eigenvalue weighted by Gasteiger charge is -2.13. The standard InChI is InChI=1S/C26H20BrI2NO4S/c1-16-2-8-20(9-3-16)33-11-10-30-25(31)23(35-26(30)32)14-18-12-21(28)24(22(29)13-18)34-15-17-4-6-19(27)7-5-17/h2-9,12-14H,10-11,15H2,1H3/b23-14-. The molecular formula is C26H20BrI2NO4S. The molecule has 1 saturated heterocycles. The van der Waals surface area contributed by atoms with E-state index in [4.69, 9.17) is 9.47 Å². The van der Waals surface area contributed by atoms with Gasteiger partial charge in [-0.05, 0) is 117 Å². The number of carbonyl (C=O) groups is 2. The Hall–Kier alpha value is -1.57. The topological polar surface area (TPSA) is 55.8 Å². The third kappa shape index (κ3) is 7.01. The third-order valence-corrected chi connectivity index (χ3v) is 8.13. The number of aryl methyl sites for hydroxylation is 1. The first kappa shape index (κ1) is 26.5. The second kappa shape index (κ2) is 12.1. The van der Waals surface area contributed by atoms with Crippen LogP contribution in [0.4, 0.5) is 4.79 Å². The van der Waals surface area contributed by atoms with Gasteiger partial charge in [0, 0.05) is 4.47 Å². The minimum Gasteiger partial charge on any atom is -0.492 e. The van der Waals surface area contributed by atoms with Gasteiger partial charge in [-0.15, -0.1) is 0 Å². The average molecular weight is 776 g/mol. The molecule has 4 rings (SSSR count). The van der Waals surface area contributed by atoms with Crippen LogP contribution in [0.1, 0.15) is 16.7 Å². The second-order valence-corrected chi connectivity index (χ2v) is 12.0. The summed E-state index contributed by atoms with van der Waals surface area (Å²) in [7, 11) is 0. The van der Waals surface area contributed by atoms with Crippen molar-refractivity contribution in [3.05, 3.63) is 93.9 Å². The Bertz CT molecular complexity index is 1260. The van der Waals surface area contributed by atoms with Crippen molar-refractivity contribution >= 4 is 90.1 Å². The Morgan fingerprint density at radius 2 is 1.63 bits per heavy atom. The number of halogens is 3. The molecule has 9 heteroatoms. The summed E-state index contributed by atoms with van der Waals surface area (Å²) in [5.74, 6) is 1.21. The van der Waals surface area contributed by atoms with Crippen molar-refractivity contribution in [1.82, 2.24) is 4.90 Å². The highest BCUT2D eigenvalue weighted by molar-refractivity contribution is 14.1. The van der Waals surface area contributed by atoms with E-state index >= 15 is 0 Å². The first-order valence-corrected chi connectivity index (χ1v) is 14.4. The highest BCUT2D eigenvalue weighted by atomic mass is 127. The van der Waals surface area contributed by atoms with Crippen LogP contribution in [0.5, 0.6) is 11.5 Å². The van der Waals surface area contributed by atoms with Crippen molar-refractivity contribution in [2.24, 2.45) is 0 Å². The maximum absolute atomic E-state index is 12.9. The first-order valence-electron chi connectivity index (χ1n) is 10.6. The number of ether oxygens (including phenoxy) is 2. The van der Waals surface area contributed by atoms with Gasteiger partial charge in [-0.25, -0.2) is 0 Å². The lowest BCUT2D eigenvalue weighted by atomic mass is 10.2. The Balaban J connectivity index is 1.40. The fourth-order valence-corrected chi connectivity index (χ4v) is 6.53. The Morgan fingerprint density at radius 3 is 2.29 bits per heavy atom. The molecule has 1 heterocycles. The van der Waals surface area contributed by atoms with E-state index in [9.17, 15) is 9.59 Å². The molecule has 0 radical (unpaired) electrons. The smallest absolute Gasteiger partial charge is 0.293 e. The number of thioether (sulfide) groups is 1. The summed E-state index contributed by atoms with van der Waals surface area (Å²) < 4.78 is 14.6. The van der Waals surface area contributed by atoms with Gasteiger partial charge in [0.05, 0.1) is 18.6 Å². The molecule has 0 unspecified atom stereocenters. The minimum atomic E-state index is -0.298. The van der Waals surface area contributed by atoms with Crippen LogP contribution in [0.15, 0.2) is 70.0 Å². The third-order valence-electron chi connectivity index (χ3n) is 5.09. The number of carbonyl (C=O) groups excluding carboxylic acids is 2. The number of amides is 2. The van der Waals surface area contributed by atoms with Gasteiger partial charge in [-0.2, -0.15) is 0 Å². The number of imide groups is 1. The molecule has 0 aromatic heterocycles. The quantitative estimate of drug-likeness (QED) is 0.174. The van der Waals surface area contributed by atoms with E-state index in [0.717, 1.165) is 45.8 Å². The molecule has 1 aliphatic rings. The fraction of sp³-hybridized carbons (Fsp3) is 0.154. The van der Waals surface area contributed by atoms with Gasteiger partial charge in [0.25, 0.3) is 11.1 Å². The molecule has 1 fully saturated rings. The summed E-state index contributed by atoms with van der Waals surface area (Å²) in [4.78, 5) is 26.9. The Morgan fingerprint density at radius 1 is 0.971 bits per heavy atom. The molecule has 3 aromatic carbocycles. The van der Waals surface area contributed by atoms with E-state index in [0.29, 0.717) is 17.3 Å². The van der Waals surface area contributed by atoms with Gasteiger partial charge < -0.3 is 9.47 Å². The Labute approximate surface area is 244 Å². The molecule has 0 aliphatic carbocycles. The zero-order chi connectivity index (χ0) is 24.9. The van der Waals surface area contributed by atoms with Crippen molar-refractivity contribution < 1.29 is 19.1 Å². The minimum absolute atomic E-state index is 0.202. The van der Waals surface area contributed by atoms with Gasteiger partial charge in [0.2, 0.25) is 0 Å². The molecule has 0 N–H and O–H groups in total. The van der Waals surface area contributed by atoms with Crippen molar-refractivity contribution in [1.29, 1.82) is 0 Å².